The monoisotopic (exact) mass is 546 g/mol. The second-order valence-corrected chi connectivity index (χ2v) is 11.2. The van der Waals surface area contributed by atoms with E-state index in [1.165, 1.54) is 60.3 Å². The Bertz CT molecular complexity index is 2480. The van der Waals surface area contributed by atoms with Crippen LogP contribution in [0, 0.1) is 0 Å². The summed E-state index contributed by atoms with van der Waals surface area (Å²) < 4.78 is 6.62. The molecule has 0 bridgehead atoms. The lowest BCUT2D eigenvalue weighted by Gasteiger charge is -2.19. The van der Waals surface area contributed by atoms with Gasteiger partial charge in [-0.05, 0) is 78.5 Å². The smallest absolute Gasteiger partial charge is 0.143 e. The van der Waals surface area contributed by atoms with Crippen LogP contribution in [0.3, 0.4) is 0 Å². The summed E-state index contributed by atoms with van der Waals surface area (Å²) in [5.74, 6) is 0. The summed E-state index contributed by atoms with van der Waals surface area (Å²) in [6, 6.07) is 56.7. The van der Waals surface area contributed by atoms with E-state index in [0.29, 0.717) is 0 Å². The molecule has 0 N–H and O–H groups in total. The molecule has 9 rings (SSSR count). The van der Waals surface area contributed by atoms with Crippen molar-refractivity contribution in [1.82, 2.24) is 0 Å². The molecule has 1 aromatic heterocycles. The van der Waals surface area contributed by atoms with E-state index < -0.39 is 0 Å². The quantitative estimate of drug-likeness (QED) is 0.201. The first-order valence-electron chi connectivity index (χ1n) is 14.8. The lowest BCUT2D eigenvalue weighted by molar-refractivity contribution is 0.673. The highest BCUT2D eigenvalue weighted by molar-refractivity contribution is 6.27. The highest BCUT2D eigenvalue weighted by atomic mass is 16.3. The summed E-state index contributed by atoms with van der Waals surface area (Å²) in [7, 11) is 0. The van der Waals surface area contributed by atoms with Gasteiger partial charge < -0.3 is 4.42 Å². The Hall–Kier alpha value is -5.66. The highest BCUT2D eigenvalue weighted by Gasteiger charge is 2.21. The fraction of sp³-hybridized carbons (Fsp3) is 0. The Morgan fingerprint density at radius 2 is 0.977 bits per heavy atom. The molecule has 0 unspecified atom stereocenters. The van der Waals surface area contributed by atoms with Crippen LogP contribution >= 0.6 is 0 Å². The van der Waals surface area contributed by atoms with Gasteiger partial charge in [0, 0.05) is 16.2 Å². The first-order valence-corrected chi connectivity index (χ1v) is 14.8. The van der Waals surface area contributed by atoms with Gasteiger partial charge in [-0.25, -0.2) is 0 Å². The molecule has 200 valence electrons. The van der Waals surface area contributed by atoms with Crippen molar-refractivity contribution in [2.45, 2.75) is 0 Å². The molecule has 0 saturated heterocycles. The molecule has 0 aliphatic carbocycles. The summed E-state index contributed by atoms with van der Waals surface area (Å²) in [6.07, 6.45) is 0. The Morgan fingerprint density at radius 3 is 1.77 bits per heavy atom. The van der Waals surface area contributed by atoms with E-state index >= 15 is 0 Å². The summed E-state index contributed by atoms with van der Waals surface area (Å²) in [5, 5.41) is 9.61. The normalized spacial score (nSPS) is 11.7. The van der Waals surface area contributed by atoms with E-state index in [4.69, 9.17) is 4.42 Å². The van der Waals surface area contributed by atoms with Gasteiger partial charge in [0.05, 0.1) is 0 Å². The Labute approximate surface area is 249 Å². The molecule has 0 amide bonds. The summed E-state index contributed by atoms with van der Waals surface area (Å²) in [6.45, 7) is 0. The van der Waals surface area contributed by atoms with Gasteiger partial charge in [-0.2, -0.15) is 0 Å². The highest BCUT2D eigenvalue weighted by Crippen LogP contribution is 2.48. The van der Waals surface area contributed by atoms with E-state index in [1.807, 2.05) is 0 Å². The van der Waals surface area contributed by atoms with Crippen molar-refractivity contribution in [3.63, 3.8) is 0 Å². The summed E-state index contributed by atoms with van der Waals surface area (Å²) in [5.41, 5.74) is 9.21. The average Bonchev–Trinajstić information content (AvgIpc) is 3.47. The third kappa shape index (κ3) is 3.65. The molecule has 1 heterocycles. The van der Waals surface area contributed by atoms with Crippen LogP contribution in [0.1, 0.15) is 0 Å². The maximum atomic E-state index is 6.62. The number of fused-ring (bicyclic) bond motifs is 7. The number of furan rings is 1. The third-order valence-corrected chi connectivity index (χ3v) is 8.85. The number of benzene rings is 8. The van der Waals surface area contributed by atoms with Crippen LogP contribution in [0.2, 0.25) is 0 Å². The van der Waals surface area contributed by atoms with Gasteiger partial charge in [-0.15, -0.1) is 0 Å². The Balaban J connectivity index is 1.46. The van der Waals surface area contributed by atoms with Gasteiger partial charge in [-0.1, -0.05) is 140 Å². The van der Waals surface area contributed by atoms with E-state index in [9.17, 15) is 0 Å². The lowest BCUT2D eigenvalue weighted by Crippen LogP contribution is -1.92. The van der Waals surface area contributed by atoms with Crippen LogP contribution in [0.15, 0.2) is 162 Å². The average molecular weight is 547 g/mol. The first-order chi connectivity index (χ1) is 21.3. The van der Waals surface area contributed by atoms with Crippen molar-refractivity contribution in [1.29, 1.82) is 0 Å². The maximum Gasteiger partial charge on any atom is 0.143 e. The molecule has 0 fully saturated rings. The molecule has 9 aromatic rings. The zero-order valence-corrected chi connectivity index (χ0v) is 23.4. The minimum absolute atomic E-state index is 0.911. The molecule has 0 atom stereocenters. The molecule has 1 nitrogen and oxygen atoms in total. The topological polar surface area (TPSA) is 13.1 Å². The van der Waals surface area contributed by atoms with Crippen LogP contribution < -0.4 is 0 Å². The Kier molecular flexibility index (Phi) is 5.27. The standard InChI is InChI=1S/C42H26O/c1-3-12-27(13-4-1)30-23-24-34-37(26-30)39(29-15-5-2-6-16-29)32-18-9-10-19-33(32)40(34)35-20-11-21-38-41(35)36-25-22-28-14-7-8-17-31(28)42(36)43-38/h1-26H. The minimum Gasteiger partial charge on any atom is -0.455 e. The molecule has 1 heteroatoms. The molecular formula is C42H26O. The van der Waals surface area contributed by atoms with Crippen molar-refractivity contribution >= 4 is 54.3 Å². The molecular weight excluding hydrogens is 520 g/mol. The van der Waals surface area contributed by atoms with E-state index in [-0.39, 0.29) is 0 Å². The minimum atomic E-state index is 0.911. The fourth-order valence-electron chi connectivity index (χ4n) is 6.96. The van der Waals surface area contributed by atoms with Crippen molar-refractivity contribution in [3.05, 3.63) is 158 Å². The fourth-order valence-corrected chi connectivity index (χ4v) is 6.96. The van der Waals surface area contributed by atoms with Crippen LogP contribution in [0.5, 0.6) is 0 Å². The van der Waals surface area contributed by atoms with Crippen LogP contribution in [-0.4, -0.2) is 0 Å². The Morgan fingerprint density at radius 1 is 0.349 bits per heavy atom. The first kappa shape index (κ1) is 24.0. The van der Waals surface area contributed by atoms with Gasteiger partial charge in [0.1, 0.15) is 11.2 Å². The SMILES string of the molecule is c1ccc(-c2ccc3c(-c4cccc5oc6c7ccccc7ccc6c45)c4ccccc4c(-c4ccccc4)c3c2)cc1. The molecule has 43 heavy (non-hydrogen) atoms. The lowest BCUT2D eigenvalue weighted by atomic mass is 9.84. The second-order valence-electron chi connectivity index (χ2n) is 11.2. The molecule has 0 aliphatic heterocycles. The van der Waals surface area contributed by atoms with Gasteiger partial charge in [0.2, 0.25) is 0 Å². The predicted octanol–water partition coefficient (Wildman–Crippen LogP) is 12.0. The van der Waals surface area contributed by atoms with Gasteiger partial charge >= 0.3 is 0 Å². The predicted molar refractivity (Wildman–Crippen MR) is 183 cm³/mol. The van der Waals surface area contributed by atoms with Crippen LogP contribution in [0.25, 0.3) is 87.6 Å². The third-order valence-electron chi connectivity index (χ3n) is 8.85. The number of rotatable bonds is 3. The van der Waals surface area contributed by atoms with Crippen LogP contribution in [-0.2, 0) is 0 Å². The zero-order chi connectivity index (χ0) is 28.3. The molecule has 0 saturated carbocycles. The maximum absolute atomic E-state index is 6.62. The van der Waals surface area contributed by atoms with Gasteiger partial charge in [0.25, 0.3) is 0 Å². The summed E-state index contributed by atoms with van der Waals surface area (Å²) >= 11 is 0. The van der Waals surface area contributed by atoms with Gasteiger partial charge in [0.15, 0.2) is 0 Å². The van der Waals surface area contributed by atoms with E-state index in [2.05, 4.69) is 158 Å². The van der Waals surface area contributed by atoms with Crippen molar-refractivity contribution in [3.8, 4) is 33.4 Å². The largest absolute Gasteiger partial charge is 0.455 e. The van der Waals surface area contributed by atoms with E-state index in [0.717, 1.165) is 27.3 Å². The van der Waals surface area contributed by atoms with Crippen molar-refractivity contribution in [2.24, 2.45) is 0 Å². The molecule has 0 spiro atoms. The number of hydrogen-bond acceptors (Lipinski definition) is 1. The second kappa shape index (κ2) is 9.44. The molecule has 8 aromatic carbocycles. The summed E-state index contributed by atoms with van der Waals surface area (Å²) in [4.78, 5) is 0. The number of hydrogen-bond donors (Lipinski definition) is 0. The zero-order valence-electron chi connectivity index (χ0n) is 23.4. The molecule has 0 radical (unpaired) electrons. The van der Waals surface area contributed by atoms with Gasteiger partial charge in [-0.3, -0.25) is 0 Å². The van der Waals surface area contributed by atoms with Crippen molar-refractivity contribution in [2.75, 3.05) is 0 Å². The van der Waals surface area contributed by atoms with Crippen LogP contribution in [0.4, 0.5) is 0 Å². The van der Waals surface area contributed by atoms with Crippen molar-refractivity contribution < 1.29 is 4.42 Å². The molecule has 0 aliphatic rings. The van der Waals surface area contributed by atoms with E-state index in [1.54, 1.807) is 0 Å².